The predicted octanol–water partition coefficient (Wildman–Crippen LogP) is 0.777. The first kappa shape index (κ1) is 10.9. The Balaban J connectivity index is 0. The third kappa shape index (κ3) is 183. The summed E-state index contributed by atoms with van der Waals surface area (Å²) in [6, 6.07) is 0. The van der Waals surface area contributed by atoms with E-state index in [1.807, 2.05) is 0 Å². The average molecular weight is 134 g/mol. The van der Waals surface area contributed by atoms with Gasteiger partial charge in [-0.25, -0.2) is 4.79 Å². The lowest BCUT2D eigenvalue weighted by molar-refractivity contribution is 0.137. The molecule has 0 amide bonds. The Hall–Kier alpha value is -1.03. The van der Waals surface area contributed by atoms with Gasteiger partial charge < -0.3 is 15.3 Å². The van der Waals surface area contributed by atoms with Crippen LogP contribution in [0.1, 0.15) is 6.42 Å². The molecular formula is C5H10O4. The van der Waals surface area contributed by atoms with Gasteiger partial charge in [-0.1, -0.05) is 6.08 Å². The molecule has 0 spiro atoms. The van der Waals surface area contributed by atoms with Crippen LogP contribution in [0.3, 0.4) is 0 Å². The van der Waals surface area contributed by atoms with Crippen molar-refractivity contribution in [1.29, 1.82) is 0 Å². The van der Waals surface area contributed by atoms with E-state index in [4.69, 9.17) is 20.1 Å². The number of hydrogen-bond donors (Lipinski definition) is 3. The molecule has 0 fully saturated rings. The van der Waals surface area contributed by atoms with Gasteiger partial charge in [0.25, 0.3) is 0 Å². The summed E-state index contributed by atoms with van der Waals surface area (Å²) in [6.07, 6.45) is 0.556. The summed E-state index contributed by atoms with van der Waals surface area (Å²) >= 11 is 0. The lowest BCUT2D eigenvalue weighted by Gasteiger charge is -1.73. The third-order valence-corrected chi connectivity index (χ3v) is 0.333. The number of rotatable bonds is 2. The molecule has 0 aromatic carbocycles. The van der Waals surface area contributed by atoms with E-state index in [-0.39, 0.29) is 6.61 Å². The topological polar surface area (TPSA) is 77.8 Å². The van der Waals surface area contributed by atoms with Crippen molar-refractivity contribution in [1.82, 2.24) is 0 Å². The molecule has 0 saturated heterocycles. The van der Waals surface area contributed by atoms with E-state index < -0.39 is 6.16 Å². The second kappa shape index (κ2) is 10.1. The molecule has 0 rings (SSSR count). The molecule has 3 N–H and O–H groups in total. The van der Waals surface area contributed by atoms with Gasteiger partial charge in [0.05, 0.1) is 0 Å². The largest absolute Gasteiger partial charge is 0.503 e. The third-order valence-electron chi connectivity index (χ3n) is 0.333. The monoisotopic (exact) mass is 134 g/mol. The van der Waals surface area contributed by atoms with Crippen LogP contribution in [0.4, 0.5) is 4.79 Å². The van der Waals surface area contributed by atoms with Crippen molar-refractivity contribution in [2.24, 2.45) is 0 Å². The van der Waals surface area contributed by atoms with Gasteiger partial charge in [-0.15, -0.1) is 6.58 Å². The van der Waals surface area contributed by atoms with Crippen LogP contribution in [-0.4, -0.2) is 28.1 Å². The minimum Gasteiger partial charge on any atom is -0.450 e. The average Bonchev–Trinajstić information content (AvgIpc) is 1.66. The van der Waals surface area contributed by atoms with Gasteiger partial charge in [-0.2, -0.15) is 0 Å². The van der Waals surface area contributed by atoms with E-state index in [0.29, 0.717) is 6.42 Å². The van der Waals surface area contributed by atoms with Crippen LogP contribution in [0, 0.1) is 0 Å². The molecule has 0 aromatic heterocycles. The number of aliphatic hydroxyl groups is 1. The summed E-state index contributed by atoms with van der Waals surface area (Å²) in [6.45, 7) is 3.62. The van der Waals surface area contributed by atoms with E-state index in [0.717, 1.165) is 0 Å². The zero-order valence-electron chi connectivity index (χ0n) is 4.95. The maximum Gasteiger partial charge on any atom is 0.503 e. The molecule has 54 valence electrons. The molecule has 9 heavy (non-hydrogen) atoms. The molecule has 4 nitrogen and oxygen atoms in total. The summed E-state index contributed by atoms with van der Waals surface area (Å²) in [7, 11) is 0. The number of hydrogen-bond acceptors (Lipinski definition) is 2. The quantitative estimate of drug-likeness (QED) is 0.487. The Morgan fingerprint density at radius 3 is 1.89 bits per heavy atom. The molecule has 0 aliphatic heterocycles. The highest BCUT2D eigenvalue weighted by Gasteiger charge is 1.70. The Morgan fingerprint density at radius 2 is 1.89 bits per heavy atom. The molecule has 0 heterocycles. The number of aliphatic hydroxyl groups excluding tert-OH is 1. The second-order valence-corrected chi connectivity index (χ2v) is 1.08. The van der Waals surface area contributed by atoms with Gasteiger partial charge >= 0.3 is 6.16 Å². The minimum absolute atomic E-state index is 0.226. The fourth-order valence-electron chi connectivity index (χ4n) is 0.0913. The summed E-state index contributed by atoms with van der Waals surface area (Å²) < 4.78 is 0. The Morgan fingerprint density at radius 1 is 1.56 bits per heavy atom. The van der Waals surface area contributed by atoms with Crippen molar-refractivity contribution in [3.63, 3.8) is 0 Å². The minimum atomic E-state index is -1.83. The predicted molar refractivity (Wildman–Crippen MR) is 32.6 cm³/mol. The van der Waals surface area contributed by atoms with Gasteiger partial charge in [0.15, 0.2) is 0 Å². The first-order valence-corrected chi connectivity index (χ1v) is 2.28. The zero-order valence-corrected chi connectivity index (χ0v) is 4.95. The van der Waals surface area contributed by atoms with Crippen LogP contribution in [0.15, 0.2) is 12.7 Å². The maximum absolute atomic E-state index is 8.56. The molecule has 0 unspecified atom stereocenters. The fraction of sp³-hybridized carbons (Fsp3) is 0.400. The highest BCUT2D eigenvalue weighted by atomic mass is 16.6. The Kier molecular flexibility index (Phi) is 12.1. The molecule has 0 bridgehead atoms. The van der Waals surface area contributed by atoms with Crippen LogP contribution < -0.4 is 0 Å². The Bertz CT molecular complexity index is 75.0. The highest BCUT2D eigenvalue weighted by Crippen LogP contribution is 1.69. The standard InChI is InChI=1S/C4H8O.CH2O3/c1-2-3-4-5;2-1(3)4/h2,5H,1,3-4H2;(H2,2,3,4). The molecule has 0 aliphatic carbocycles. The zero-order chi connectivity index (χ0) is 7.70. The Labute approximate surface area is 53.1 Å². The molecule has 0 aromatic rings. The lowest BCUT2D eigenvalue weighted by Crippen LogP contribution is -1.81. The molecule has 0 radical (unpaired) electrons. The lowest BCUT2D eigenvalue weighted by atomic mass is 10.5. The maximum atomic E-state index is 8.56. The highest BCUT2D eigenvalue weighted by molar-refractivity contribution is 5.53. The van der Waals surface area contributed by atoms with E-state index in [9.17, 15) is 0 Å². The van der Waals surface area contributed by atoms with Crippen LogP contribution in [0.25, 0.3) is 0 Å². The van der Waals surface area contributed by atoms with Crippen LogP contribution in [0.5, 0.6) is 0 Å². The van der Waals surface area contributed by atoms with E-state index in [1.54, 1.807) is 6.08 Å². The van der Waals surface area contributed by atoms with Gasteiger partial charge in [-0.3, -0.25) is 0 Å². The van der Waals surface area contributed by atoms with Crippen molar-refractivity contribution in [2.75, 3.05) is 6.61 Å². The number of carbonyl (C=O) groups is 1. The molecule has 0 atom stereocenters. The molecule has 0 aliphatic rings. The van der Waals surface area contributed by atoms with Gasteiger partial charge in [0.2, 0.25) is 0 Å². The smallest absolute Gasteiger partial charge is 0.450 e. The van der Waals surface area contributed by atoms with Crippen molar-refractivity contribution in [3.05, 3.63) is 12.7 Å². The van der Waals surface area contributed by atoms with E-state index in [1.165, 1.54) is 0 Å². The normalized spacial score (nSPS) is 6.78. The summed E-state index contributed by atoms with van der Waals surface area (Å²) in [5.74, 6) is 0. The van der Waals surface area contributed by atoms with Crippen LogP contribution in [0.2, 0.25) is 0 Å². The van der Waals surface area contributed by atoms with Crippen LogP contribution >= 0.6 is 0 Å². The van der Waals surface area contributed by atoms with Crippen molar-refractivity contribution >= 4 is 6.16 Å². The van der Waals surface area contributed by atoms with Gasteiger partial charge in [0, 0.05) is 6.61 Å². The van der Waals surface area contributed by atoms with Crippen molar-refractivity contribution in [3.8, 4) is 0 Å². The summed E-state index contributed by atoms with van der Waals surface area (Å²) in [5, 5.41) is 21.9. The number of carboxylic acid groups (broad SMARTS) is 2. The molecule has 0 saturated carbocycles. The van der Waals surface area contributed by atoms with E-state index in [2.05, 4.69) is 6.58 Å². The van der Waals surface area contributed by atoms with Crippen LogP contribution in [-0.2, 0) is 0 Å². The van der Waals surface area contributed by atoms with Gasteiger partial charge in [-0.05, 0) is 6.42 Å². The molecular weight excluding hydrogens is 124 g/mol. The SMILES string of the molecule is C=CCCO.O=C(O)O. The van der Waals surface area contributed by atoms with Crippen molar-refractivity contribution in [2.45, 2.75) is 6.42 Å². The van der Waals surface area contributed by atoms with Crippen molar-refractivity contribution < 1.29 is 20.1 Å². The van der Waals surface area contributed by atoms with Gasteiger partial charge in [0.1, 0.15) is 0 Å². The van der Waals surface area contributed by atoms with E-state index >= 15 is 0 Å². The first-order chi connectivity index (χ1) is 4.15. The molecule has 4 heteroatoms. The fourth-order valence-corrected chi connectivity index (χ4v) is 0.0913. The second-order valence-electron chi connectivity index (χ2n) is 1.08. The summed E-state index contributed by atoms with van der Waals surface area (Å²) in [5.41, 5.74) is 0. The first-order valence-electron chi connectivity index (χ1n) is 2.28. The summed E-state index contributed by atoms with van der Waals surface area (Å²) in [4.78, 5) is 8.56.